The van der Waals surface area contributed by atoms with E-state index in [1.165, 1.54) is 6.92 Å². The normalized spacial score (nSPS) is 19.1. The van der Waals surface area contributed by atoms with E-state index in [1.54, 1.807) is 0 Å². The van der Waals surface area contributed by atoms with Crippen LogP contribution >= 0.6 is 0 Å². The molecule has 1 atom stereocenters. The molecule has 1 heterocycles. The Labute approximate surface area is 157 Å². The fourth-order valence-electron chi connectivity index (χ4n) is 3.48. The van der Waals surface area contributed by atoms with Crippen LogP contribution in [0, 0.1) is 0 Å². The zero-order chi connectivity index (χ0) is 19.4. The van der Waals surface area contributed by atoms with Crippen LogP contribution in [-0.2, 0) is 25.7 Å². The predicted molar refractivity (Wildman–Crippen MR) is 95.3 cm³/mol. The number of hydrogen-bond acceptors (Lipinski definition) is 5. The van der Waals surface area contributed by atoms with Crippen molar-refractivity contribution in [2.24, 2.45) is 0 Å². The maximum absolute atomic E-state index is 12.5. The van der Waals surface area contributed by atoms with Crippen molar-refractivity contribution in [3.8, 4) is 0 Å². The van der Waals surface area contributed by atoms with Crippen LogP contribution in [0.4, 0.5) is 4.79 Å². The Hall–Kier alpha value is -2.90. The zero-order valence-electron chi connectivity index (χ0n) is 15.2. The Kier molecular flexibility index (Phi) is 5.43. The first-order chi connectivity index (χ1) is 12.9. The van der Waals surface area contributed by atoms with Crippen molar-refractivity contribution in [3.05, 3.63) is 35.9 Å². The van der Waals surface area contributed by atoms with Gasteiger partial charge in [0.1, 0.15) is 12.1 Å². The first-order valence-corrected chi connectivity index (χ1v) is 9.06. The molecule has 8 nitrogen and oxygen atoms in total. The molecular formula is C19H23N3O5. The van der Waals surface area contributed by atoms with Crippen LogP contribution in [-0.4, -0.2) is 46.9 Å². The van der Waals surface area contributed by atoms with Gasteiger partial charge in [0.2, 0.25) is 0 Å². The molecule has 1 aliphatic carbocycles. The number of urea groups is 1. The van der Waals surface area contributed by atoms with Crippen LogP contribution in [0.2, 0.25) is 0 Å². The van der Waals surface area contributed by atoms with Gasteiger partial charge in [-0.2, -0.15) is 0 Å². The third-order valence-electron chi connectivity index (χ3n) is 4.98. The minimum Gasteiger partial charge on any atom is -0.451 e. The van der Waals surface area contributed by atoms with Crippen molar-refractivity contribution in [1.82, 2.24) is 15.5 Å². The zero-order valence-corrected chi connectivity index (χ0v) is 15.2. The predicted octanol–water partition coefficient (Wildman–Crippen LogP) is 1.10. The Morgan fingerprint density at radius 1 is 1.22 bits per heavy atom. The number of imide groups is 1. The molecule has 1 saturated heterocycles. The lowest BCUT2D eigenvalue weighted by Gasteiger charge is -2.20. The van der Waals surface area contributed by atoms with E-state index in [1.807, 2.05) is 30.3 Å². The molecule has 0 aromatic heterocycles. The van der Waals surface area contributed by atoms with Crippen molar-refractivity contribution in [2.75, 3.05) is 6.54 Å². The minimum atomic E-state index is -1.03. The van der Waals surface area contributed by atoms with E-state index < -0.39 is 36.1 Å². The molecule has 2 fully saturated rings. The van der Waals surface area contributed by atoms with E-state index in [0.717, 1.165) is 23.3 Å². The van der Waals surface area contributed by atoms with Gasteiger partial charge in [-0.1, -0.05) is 43.2 Å². The van der Waals surface area contributed by atoms with Crippen LogP contribution in [0.3, 0.4) is 0 Å². The van der Waals surface area contributed by atoms with E-state index in [0.29, 0.717) is 19.4 Å². The molecule has 1 aromatic rings. The third-order valence-corrected chi connectivity index (χ3v) is 4.98. The van der Waals surface area contributed by atoms with E-state index in [4.69, 9.17) is 4.74 Å². The van der Waals surface area contributed by atoms with Crippen molar-refractivity contribution in [1.29, 1.82) is 0 Å². The number of esters is 1. The van der Waals surface area contributed by atoms with E-state index in [-0.39, 0.29) is 5.91 Å². The highest BCUT2D eigenvalue weighted by molar-refractivity contribution is 6.08. The second-order valence-corrected chi connectivity index (χ2v) is 6.95. The molecule has 0 unspecified atom stereocenters. The highest BCUT2D eigenvalue weighted by atomic mass is 16.5. The number of rotatable bonds is 6. The van der Waals surface area contributed by atoms with Gasteiger partial charge >= 0.3 is 12.0 Å². The van der Waals surface area contributed by atoms with Gasteiger partial charge in [-0.15, -0.1) is 0 Å². The Morgan fingerprint density at radius 2 is 1.89 bits per heavy atom. The fourth-order valence-corrected chi connectivity index (χ4v) is 3.48. The lowest BCUT2D eigenvalue weighted by atomic mass is 9.98. The number of hydrogen-bond donors (Lipinski definition) is 2. The topological polar surface area (TPSA) is 105 Å². The lowest BCUT2D eigenvalue weighted by molar-refractivity contribution is -0.156. The number of amides is 4. The molecule has 1 saturated carbocycles. The molecule has 27 heavy (non-hydrogen) atoms. The Balaban J connectivity index is 1.49. The second-order valence-electron chi connectivity index (χ2n) is 6.95. The number of benzene rings is 1. The van der Waals surface area contributed by atoms with Crippen LogP contribution in [0.5, 0.6) is 0 Å². The molecule has 2 aliphatic rings. The van der Waals surface area contributed by atoms with E-state index in [9.17, 15) is 19.2 Å². The summed E-state index contributed by atoms with van der Waals surface area (Å²) >= 11 is 0. The largest absolute Gasteiger partial charge is 0.451 e. The highest BCUT2D eigenvalue weighted by Gasteiger charge is 2.52. The van der Waals surface area contributed by atoms with Crippen molar-refractivity contribution in [3.63, 3.8) is 0 Å². The van der Waals surface area contributed by atoms with E-state index in [2.05, 4.69) is 10.6 Å². The average Bonchev–Trinajstić information content (AvgIpc) is 3.21. The quantitative estimate of drug-likeness (QED) is 0.574. The molecule has 144 valence electrons. The molecule has 1 aromatic carbocycles. The van der Waals surface area contributed by atoms with Crippen molar-refractivity contribution in [2.45, 2.75) is 50.8 Å². The van der Waals surface area contributed by atoms with Gasteiger partial charge in [-0.3, -0.25) is 19.3 Å². The molecule has 0 bridgehead atoms. The van der Waals surface area contributed by atoms with Gasteiger partial charge in [0.15, 0.2) is 6.10 Å². The van der Waals surface area contributed by atoms with Crippen LogP contribution < -0.4 is 10.6 Å². The summed E-state index contributed by atoms with van der Waals surface area (Å²) in [6, 6.07) is 8.75. The number of carbonyl (C=O) groups excluding carboxylic acids is 4. The Bertz CT molecular complexity index is 743. The van der Waals surface area contributed by atoms with Gasteiger partial charge < -0.3 is 15.4 Å². The third kappa shape index (κ3) is 4.10. The van der Waals surface area contributed by atoms with Crippen LogP contribution in [0.25, 0.3) is 0 Å². The number of nitrogens with one attached hydrogen (secondary N) is 2. The summed E-state index contributed by atoms with van der Waals surface area (Å²) in [4.78, 5) is 49.6. The molecule has 0 radical (unpaired) electrons. The van der Waals surface area contributed by atoms with Gasteiger partial charge in [0.05, 0.1) is 0 Å². The van der Waals surface area contributed by atoms with Gasteiger partial charge in [-0.25, -0.2) is 4.79 Å². The molecular weight excluding hydrogens is 350 g/mol. The summed E-state index contributed by atoms with van der Waals surface area (Å²) in [6.45, 7) is 1.27. The summed E-state index contributed by atoms with van der Waals surface area (Å²) in [5.74, 6) is -1.63. The molecule has 3 rings (SSSR count). The molecule has 2 N–H and O–H groups in total. The number of ether oxygens (including phenoxy) is 1. The van der Waals surface area contributed by atoms with Crippen molar-refractivity contribution >= 4 is 23.8 Å². The molecule has 1 spiro atoms. The second kappa shape index (κ2) is 7.77. The number of carbonyl (C=O) groups is 4. The van der Waals surface area contributed by atoms with Crippen LogP contribution in [0.1, 0.15) is 38.2 Å². The van der Waals surface area contributed by atoms with Gasteiger partial charge in [-0.05, 0) is 25.3 Å². The monoisotopic (exact) mass is 373 g/mol. The van der Waals surface area contributed by atoms with Gasteiger partial charge in [0.25, 0.3) is 11.8 Å². The highest BCUT2D eigenvalue weighted by Crippen LogP contribution is 2.34. The first kappa shape index (κ1) is 18.9. The molecule has 1 aliphatic heterocycles. The van der Waals surface area contributed by atoms with E-state index >= 15 is 0 Å². The smallest absolute Gasteiger partial charge is 0.327 e. The summed E-state index contributed by atoms with van der Waals surface area (Å²) in [7, 11) is 0. The van der Waals surface area contributed by atoms with Crippen LogP contribution in [0.15, 0.2) is 30.3 Å². The fraction of sp³-hybridized carbons (Fsp3) is 0.474. The summed E-state index contributed by atoms with van der Waals surface area (Å²) in [6.07, 6.45) is 1.87. The first-order valence-electron chi connectivity index (χ1n) is 9.06. The maximum atomic E-state index is 12.5. The summed E-state index contributed by atoms with van der Waals surface area (Å²) in [5.41, 5.74) is 0.0568. The standard InChI is InChI=1S/C19H23N3O5/c1-13(16(24)20-11-14-7-3-2-4-8-14)27-15(23)12-22-17(25)19(21-18(22)26)9-5-6-10-19/h2-4,7-8,13H,5-6,9-12H2,1H3,(H,20,24)(H,21,26)/t13-/m0/s1. The summed E-state index contributed by atoms with van der Waals surface area (Å²) in [5, 5.41) is 5.38. The summed E-state index contributed by atoms with van der Waals surface area (Å²) < 4.78 is 5.09. The van der Waals surface area contributed by atoms with Gasteiger partial charge in [0, 0.05) is 6.54 Å². The number of nitrogens with zero attached hydrogens (tertiary/aromatic N) is 1. The average molecular weight is 373 g/mol. The SMILES string of the molecule is C[C@H](OC(=O)CN1C(=O)NC2(CCCC2)C1=O)C(=O)NCc1ccccc1. The molecule has 4 amide bonds. The van der Waals surface area contributed by atoms with Crippen molar-refractivity contribution < 1.29 is 23.9 Å². The maximum Gasteiger partial charge on any atom is 0.327 e. The Morgan fingerprint density at radius 3 is 2.56 bits per heavy atom. The lowest BCUT2D eigenvalue weighted by Crippen LogP contribution is -2.45. The minimum absolute atomic E-state index is 0.317. The molecule has 8 heteroatoms.